The van der Waals surface area contributed by atoms with Crippen LogP contribution >= 0.6 is 7.82 Å². The van der Waals surface area contributed by atoms with Crippen LogP contribution in [0.1, 0.15) is 170 Å². The summed E-state index contributed by atoms with van der Waals surface area (Å²) in [6, 6.07) is 12.4. The highest BCUT2D eigenvalue weighted by Gasteiger charge is 2.44. The highest BCUT2D eigenvalue weighted by Crippen LogP contribution is 2.61. The van der Waals surface area contributed by atoms with E-state index in [4.69, 9.17) is 13.6 Å². The van der Waals surface area contributed by atoms with Crippen LogP contribution in [-0.4, -0.2) is 11.1 Å². The van der Waals surface area contributed by atoms with Gasteiger partial charge in [-0.15, -0.1) is 0 Å². The number of phosphoric ester groups is 1. The number of aryl methyl sites for hydroxylation is 1. The molecule has 0 aromatic heterocycles. The maximum atomic E-state index is 15.0. The topological polar surface area (TPSA) is 82.1 Å². The van der Waals surface area contributed by atoms with Gasteiger partial charge in [0, 0.05) is 22.3 Å². The third-order valence-corrected chi connectivity index (χ3v) is 11.1. The average molecular weight is 733 g/mol. The van der Waals surface area contributed by atoms with Crippen LogP contribution in [0.2, 0.25) is 0 Å². The smallest absolute Gasteiger partial charge is 0.507 e. The molecule has 3 aromatic carbocycles. The zero-order chi connectivity index (χ0) is 39.8. The van der Waals surface area contributed by atoms with Crippen LogP contribution < -0.4 is 9.05 Å². The van der Waals surface area contributed by atoms with Crippen molar-refractivity contribution in [3.05, 3.63) is 75.3 Å². The molecule has 52 heavy (non-hydrogen) atoms. The first-order valence-corrected chi connectivity index (χ1v) is 20.2. The fourth-order valence-electron chi connectivity index (χ4n) is 6.51. The van der Waals surface area contributed by atoms with Gasteiger partial charge in [-0.25, -0.2) is 0 Å². The predicted octanol–water partition coefficient (Wildman–Crippen LogP) is 12.9. The molecule has 0 spiro atoms. The Balaban J connectivity index is 1.90. The van der Waals surface area contributed by atoms with Crippen LogP contribution in [0.25, 0.3) is 11.1 Å². The molecule has 1 aliphatic heterocycles. The number of hydrogen-bond donors (Lipinski definition) is 1. The molecule has 3 aromatic rings. The van der Waals surface area contributed by atoms with Crippen molar-refractivity contribution in [2.45, 2.75) is 170 Å². The molecule has 7 heteroatoms. The van der Waals surface area contributed by atoms with Crippen molar-refractivity contribution in [1.29, 1.82) is 0 Å². The normalized spacial score (nSPS) is 15.2. The van der Waals surface area contributed by atoms with Gasteiger partial charge in [0.2, 0.25) is 0 Å². The number of fused-ring (bicyclic) bond motifs is 3. The Labute approximate surface area is 314 Å². The molecule has 0 unspecified atom stereocenters. The van der Waals surface area contributed by atoms with E-state index < -0.39 is 24.6 Å². The Morgan fingerprint density at radius 2 is 0.904 bits per heavy atom. The lowest BCUT2D eigenvalue weighted by molar-refractivity contribution is -0.135. The number of aromatic hydroxyl groups is 1. The summed E-state index contributed by atoms with van der Waals surface area (Å²) in [4.78, 5) is 13.8. The van der Waals surface area contributed by atoms with Gasteiger partial charge in [0.25, 0.3) is 0 Å². The van der Waals surface area contributed by atoms with Gasteiger partial charge in [-0.1, -0.05) is 149 Å². The second kappa shape index (κ2) is 13.3. The summed E-state index contributed by atoms with van der Waals surface area (Å²) in [7, 11) is -4.57. The van der Waals surface area contributed by atoms with Crippen molar-refractivity contribution in [3.63, 3.8) is 0 Å². The summed E-state index contributed by atoms with van der Waals surface area (Å²) in [5.74, 6) is 0.402. The number of phenols is 1. The lowest BCUT2D eigenvalue weighted by Gasteiger charge is -2.30. The van der Waals surface area contributed by atoms with Gasteiger partial charge in [0.1, 0.15) is 17.2 Å². The molecule has 6 nitrogen and oxygen atoms in total. The Bertz CT molecular complexity index is 1790. The summed E-state index contributed by atoms with van der Waals surface area (Å²) < 4.78 is 33.8. The van der Waals surface area contributed by atoms with Gasteiger partial charge >= 0.3 is 13.8 Å². The number of rotatable bonds is 4. The Kier molecular flexibility index (Phi) is 10.6. The zero-order valence-corrected chi connectivity index (χ0v) is 36.2. The molecule has 0 saturated heterocycles. The summed E-state index contributed by atoms with van der Waals surface area (Å²) in [5, 5.41) is 11.2. The van der Waals surface area contributed by atoms with E-state index in [1.54, 1.807) is 0 Å². The summed E-state index contributed by atoms with van der Waals surface area (Å²) in [6.07, 6.45) is 0.265. The number of benzene rings is 3. The van der Waals surface area contributed by atoms with E-state index >= 15 is 4.57 Å². The van der Waals surface area contributed by atoms with Gasteiger partial charge in [0.15, 0.2) is 0 Å². The van der Waals surface area contributed by atoms with E-state index in [2.05, 4.69) is 149 Å². The van der Waals surface area contributed by atoms with E-state index in [1.165, 1.54) is 0 Å². The average Bonchev–Trinajstić information content (AvgIpc) is 3.05. The van der Waals surface area contributed by atoms with Crippen molar-refractivity contribution in [2.75, 3.05) is 0 Å². The minimum Gasteiger partial charge on any atom is -0.507 e. The van der Waals surface area contributed by atoms with Crippen molar-refractivity contribution < 1.29 is 28.0 Å². The fourth-order valence-corrected chi connectivity index (χ4v) is 7.81. The molecular weight excluding hydrogens is 667 g/mol. The van der Waals surface area contributed by atoms with Gasteiger partial charge in [0.05, 0.1) is 6.42 Å². The molecule has 0 bridgehead atoms. The maximum Gasteiger partial charge on any atom is 0.649 e. The second-order valence-electron chi connectivity index (χ2n) is 20.9. The quantitative estimate of drug-likeness (QED) is 0.269. The summed E-state index contributed by atoms with van der Waals surface area (Å²) in [5.41, 5.74) is 6.14. The number of carbonyl (C=O) groups excluding carboxylic acids is 1. The molecule has 0 aliphatic carbocycles. The Morgan fingerprint density at radius 3 is 1.21 bits per heavy atom. The van der Waals surface area contributed by atoms with Crippen molar-refractivity contribution in [2.24, 2.45) is 0 Å². The number of phosphoric acid groups is 1. The minimum absolute atomic E-state index is 0.0570. The van der Waals surface area contributed by atoms with Crippen LogP contribution in [0, 0.1) is 0 Å². The summed E-state index contributed by atoms with van der Waals surface area (Å²) in [6.45, 7) is 38.0. The van der Waals surface area contributed by atoms with E-state index in [0.29, 0.717) is 17.9 Å². The zero-order valence-electron chi connectivity index (χ0n) is 35.3. The first kappa shape index (κ1) is 41.5. The van der Waals surface area contributed by atoms with E-state index in [0.717, 1.165) is 50.1 Å². The molecular formula is C45H65O6P. The molecule has 1 aliphatic rings. The number of hydrogen-bond acceptors (Lipinski definition) is 6. The minimum atomic E-state index is -4.57. The van der Waals surface area contributed by atoms with Gasteiger partial charge in [-0.2, -0.15) is 4.57 Å². The standard InChI is InChI=1S/C45H65O6P/c1-40(2,3)28-23-30-31-24-29(41(4,5)6)26-35(45(16,17)18)39(31)51-52(48,50-38(30)34(25-28)44(13,14)15)49-36(46)20-19-27-21-32(42(7,8)9)37(47)33(22-27)43(10,11)12/h21-26,47H,19-20H2,1-18H3. The largest absolute Gasteiger partial charge is 0.649 e. The highest BCUT2D eigenvalue weighted by atomic mass is 31.2. The lowest BCUT2D eigenvalue weighted by atomic mass is 9.75. The molecule has 4 rings (SSSR count). The van der Waals surface area contributed by atoms with E-state index in [1.807, 2.05) is 12.1 Å². The van der Waals surface area contributed by atoms with Crippen LogP contribution in [0.5, 0.6) is 17.2 Å². The molecule has 286 valence electrons. The van der Waals surface area contributed by atoms with Crippen LogP contribution in [0.3, 0.4) is 0 Å². The first-order chi connectivity index (χ1) is 23.2. The number of carbonyl (C=O) groups is 1. The van der Waals surface area contributed by atoms with Crippen molar-refractivity contribution >= 4 is 13.8 Å². The molecule has 0 atom stereocenters. The van der Waals surface area contributed by atoms with Crippen LogP contribution in [-0.2, 0) is 52.8 Å². The lowest BCUT2D eigenvalue weighted by Crippen LogP contribution is -2.19. The molecule has 0 fully saturated rings. The van der Waals surface area contributed by atoms with E-state index in [-0.39, 0.29) is 33.8 Å². The molecule has 1 heterocycles. The molecule has 0 saturated carbocycles. The molecule has 0 radical (unpaired) electrons. The van der Waals surface area contributed by atoms with Crippen LogP contribution in [0.4, 0.5) is 0 Å². The van der Waals surface area contributed by atoms with Gasteiger partial charge in [-0.05, 0) is 78.9 Å². The third-order valence-electron chi connectivity index (χ3n) is 9.84. The maximum absolute atomic E-state index is 15.0. The fraction of sp³-hybridized carbons (Fsp3) is 0.578. The van der Waals surface area contributed by atoms with Gasteiger partial charge in [-0.3, -0.25) is 4.79 Å². The monoisotopic (exact) mass is 732 g/mol. The third kappa shape index (κ3) is 8.92. The van der Waals surface area contributed by atoms with Crippen LogP contribution in [0.15, 0.2) is 36.4 Å². The predicted molar refractivity (Wildman–Crippen MR) is 215 cm³/mol. The van der Waals surface area contributed by atoms with Crippen molar-refractivity contribution in [3.8, 4) is 28.4 Å². The first-order valence-electron chi connectivity index (χ1n) is 18.7. The molecule has 0 amide bonds. The summed E-state index contributed by atoms with van der Waals surface area (Å²) >= 11 is 0. The Morgan fingerprint density at radius 1 is 0.558 bits per heavy atom. The second-order valence-corrected chi connectivity index (χ2v) is 22.4. The van der Waals surface area contributed by atoms with Crippen molar-refractivity contribution in [1.82, 2.24) is 0 Å². The SMILES string of the molecule is CC(C)(C)c1cc2c(c(C(C)(C)C)c1)OP(=O)(OC(=O)CCc1cc(C(C)(C)C)c(O)c(C(C)(C)C)c1)Oc1c-2cc(C(C)(C)C)cc1C(C)(C)C. The van der Waals surface area contributed by atoms with Gasteiger partial charge < -0.3 is 18.7 Å². The van der Waals surface area contributed by atoms with E-state index in [9.17, 15) is 9.90 Å². The highest BCUT2D eigenvalue weighted by molar-refractivity contribution is 7.50. The molecule has 1 N–H and O–H groups in total. The number of phenolic OH excluding ortho intramolecular Hbond substituents is 1. The Hall–Kier alpha value is -3.24.